The van der Waals surface area contributed by atoms with Crippen molar-refractivity contribution in [2.75, 3.05) is 32.1 Å². The SMILES string of the molecule is CC(OC(=O)C1=C(CSc2nnnn2CCN(C)C)CS[C@@H]2[C@H](N)C(=O)N12)OC(=O)C1CCCCC1.Cl.Cl. The zero-order valence-electron chi connectivity index (χ0n) is 21.6. The third kappa shape index (κ3) is 7.54. The predicted octanol–water partition coefficient (Wildman–Crippen LogP) is 1.68. The molecule has 1 aliphatic carbocycles. The van der Waals surface area contributed by atoms with Crippen LogP contribution < -0.4 is 5.73 Å². The van der Waals surface area contributed by atoms with Crippen LogP contribution in [0.2, 0.25) is 0 Å². The van der Waals surface area contributed by atoms with Crippen molar-refractivity contribution in [3.8, 4) is 0 Å². The molecule has 12 nitrogen and oxygen atoms in total. The smallest absolute Gasteiger partial charge is 0.358 e. The largest absolute Gasteiger partial charge is 0.425 e. The number of carbonyl (C=O) groups is 3. The lowest BCUT2D eigenvalue weighted by Gasteiger charge is -2.48. The summed E-state index contributed by atoms with van der Waals surface area (Å²) >= 11 is 2.89. The van der Waals surface area contributed by atoms with E-state index in [4.69, 9.17) is 15.2 Å². The molecule has 0 radical (unpaired) electrons. The molecule has 3 heterocycles. The highest BCUT2D eigenvalue weighted by Gasteiger charge is 2.52. The highest BCUT2D eigenvalue weighted by Crippen LogP contribution is 2.41. The second kappa shape index (κ2) is 14.7. The first kappa shape index (κ1) is 32.6. The summed E-state index contributed by atoms with van der Waals surface area (Å²) in [7, 11) is 3.94. The fourth-order valence-corrected chi connectivity index (χ4v) is 6.73. The number of β-lactam (4-membered cyclic amide) rings is 1. The number of halogens is 2. The molecule has 0 bridgehead atoms. The fraction of sp³-hybridized carbons (Fsp3) is 0.727. The van der Waals surface area contributed by atoms with Gasteiger partial charge in [0.15, 0.2) is 0 Å². The molecular weight excluding hydrogens is 577 g/mol. The van der Waals surface area contributed by atoms with Gasteiger partial charge in [-0.2, -0.15) is 0 Å². The van der Waals surface area contributed by atoms with E-state index >= 15 is 0 Å². The van der Waals surface area contributed by atoms with Gasteiger partial charge in [-0.25, -0.2) is 9.48 Å². The van der Waals surface area contributed by atoms with Gasteiger partial charge >= 0.3 is 11.9 Å². The number of thioether (sulfide) groups is 2. The summed E-state index contributed by atoms with van der Waals surface area (Å²) in [5, 5.41) is 12.2. The van der Waals surface area contributed by atoms with Crippen LogP contribution in [0.3, 0.4) is 0 Å². The summed E-state index contributed by atoms with van der Waals surface area (Å²) in [5.41, 5.74) is 6.86. The van der Waals surface area contributed by atoms with Crippen LogP contribution in [0.1, 0.15) is 39.0 Å². The summed E-state index contributed by atoms with van der Waals surface area (Å²) in [6.45, 7) is 2.91. The Labute approximate surface area is 242 Å². The Hall–Kier alpha value is -1.58. The number of carbonyl (C=O) groups excluding carboxylic acids is 3. The molecule has 2 fully saturated rings. The lowest BCUT2D eigenvalue weighted by atomic mass is 9.89. The maximum Gasteiger partial charge on any atom is 0.358 e. The molecule has 1 aromatic heterocycles. The number of amides is 1. The number of hydrogen-bond acceptors (Lipinski definition) is 12. The molecule has 1 aromatic rings. The Morgan fingerprint density at radius 2 is 1.92 bits per heavy atom. The van der Waals surface area contributed by atoms with Crippen LogP contribution in [0.5, 0.6) is 0 Å². The minimum atomic E-state index is -1.07. The van der Waals surface area contributed by atoms with Crippen LogP contribution in [-0.2, 0) is 30.4 Å². The van der Waals surface area contributed by atoms with E-state index in [1.807, 2.05) is 19.0 Å². The van der Waals surface area contributed by atoms with E-state index in [1.165, 1.54) is 35.3 Å². The van der Waals surface area contributed by atoms with Crippen molar-refractivity contribution in [3.05, 3.63) is 11.3 Å². The van der Waals surface area contributed by atoms with Crippen LogP contribution in [0.15, 0.2) is 16.4 Å². The fourth-order valence-electron chi connectivity index (χ4n) is 4.39. The molecule has 3 aliphatic rings. The Bertz CT molecular complexity index is 1020. The van der Waals surface area contributed by atoms with Crippen molar-refractivity contribution in [2.24, 2.45) is 11.7 Å². The number of esters is 2. The third-order valence-electron chi connectivity index (χ3n) is 6.41. The van der Waals surface area contributed by atoms with Crippen molar-refractivity contribution in [1.82, 2.24) is 30.0 Å². The van der Waals surface area contributed by atoms with Gasteiger partial charge in [0.2, 0.25) is 17.4 Å². The van der Waals surface area contributed by atoms with E-state index in [2.05, 4.69) is 15.5 Å². The lowest BCUT2D eigenvalue weighted by Crippen LogP contribution is -2.68. The van der Waals surface area contributed by atoms with Crippen LogP contribution in [0.25, 0.3) is 0 Å². The first-order chi connectivity index (χ1) is 17.3. The third-order valence-corrected chi connectivity index (χ3v) is 8.81. The van der Waals surface area contributed by atoms with E-state index in [0.717, 1.165) is 44.2 Å². The normalized spacial score (nSPS) is 22.1. The molecular formula is C22H35Cl2N7O5S2. The summed E-state index contributed by atoms with van der Waals surface area (Å²) in [5.74, 6) is -0.633. The summed E-state index contributed by atoms with van der Waals surface area (Å²) in [4.78, 5) is 41.7. The van der Waals surface area contributed by atoms with E-state index in [1.54, 1.807) is 4.68 Å². The summed E-state index contributed by atoms with van der Waals surface area (Å²) in [6, 6.07) is -0.660. The zero-order chi connectivity index (χ0) is 25.8. The van der Waals surface area contributed by atoms with E-state index in [-0.39, 0.29) is 53.7 Å². The number of rotatable bonds is 10. The van der Waals surface area contributed by atoms with Crippen LogP contribution >= 0.6 is 48.3 Å². The number of nitrogens with zero attached hydrogens (tertiary/aromatic N) is 6. The number of tetrazole rings is 1. The number of nitrogens with two attached hydrogens (primary N) is 1. The average Bonchev–Trinajstić information content (AvgIpc) is 3.32. The first-order valence-corrected chi connectivity index (χ1v) is 14.2. The molecule has 2 aliphatic heterocycles. The molecule has 2 N–H and O–H groups in total. The first-order valence-electron chi connectivity index (χ1n) is 12.1. The average molecular weight is 613 g/mol. The van der Waals surface area contributed by atoms with Gasteiger partial charge in [0, 0.05) is 25.0 Å². The quantitative estimate of drug-likeness (QED) is 0.178. The minimum Gasteiger partial charge on any atom is -0.425 e. The molecule has 0 aromatic carbocycles. The topological polar surface area (TPSA) is 146 Å². The molecule has 4 rings (SSSR count). The monoisotopic (exact) mass is 611 g/mol. The van der Waals surface area contributed by atoms with Crippen molar-refractivity contribution in [1.29, 1.82) is 0 Å². The Kier molecular flexibility index (Phi) is 12.6. The lowest BCUT2D eigenvalue weighted by molar-refractivity contribution is -0.187. The van der Waals surface area contributed by atoms with Crippen LogP contribution in [-0.4, -0.2) is 97.7 Å². The molecule has 1 amide bonds. The molecule has 16 heteroatoms. The summed E-state index contributed by atoms with van der Waals surface area (Å²) in [6.07, 6.45) is 3.63. The van der Waals surface area contributed by atoms with Gasteiger partial charge in [-0.15, -0.1) is 41.7 Å². The second-order valence-corrected chi connectivity index (χ2v) is 11.5. The molecule has 1 saturated heterocycles. The number of hydrogen-bond donors (Lipinski definition) is 1. The maximum absolute atomic E-state index is 13.2. The van der Waals surface area contributed by atoms with Crippen molar-refractivity contribution >= 4 is 66.2 Å². The second-order valence-electron chi connectivity index (χ2n) is 9.41. The Balaban J connectivity index is 0.00000253. The molecule has 38 heavy (non-hydrogen) atoms. The zero-order valence-corrected chi connectivity index (χ0v) is 24.9. The standard InChI is InChI=1S/C22H33N7O5S2.2ClH/c1-13(33-20(31)14-7-5-4-6-8-14)34-21(32)17-15(11-35-19-16(23)18(30)29(17)19)12-36-22-24-25-26-28(22)10-9-27(2)3;;/h13-14,16,19H,4-12,23H2,1-3H3;2*1H/t13?,16-,19-;;/m1../s1. The minimum absolute atomic E-state index is 0. The van der Waals surface area contributed by atoms with Crippen LogP contribution in [0.4, 0.5) is 0 Å². The van der Waals surface area contributed by atoms with Crippen molar-refractivity contribution in [2.45, 2.75) is 68.4 Å². The highest BCUT2D eigenvalue weighted by molar-refractivity contribution is 8.01. The van der Waals surface area contributed by atoms with Crippen molar-refractivity contribution < 1.29 is 23.9 Å². The number of likely N-dealkylation sites (N-methyl/N-ethyl adjacent to an activating group) is 1. The van der Waals surface area contributed by atoms with Gasteiger partial charge in [0.25, 0.3) is 0 Å². The highest BCUT2D eigenvalue weighted by atomic mass is 35.5. The van der Waals surface area contributed by atoms with Gasteiger partial charge in [-0.3, -0.25) is 14.5 Å². The molecule has 1 saturated carbocycles. The van der Waals surface area contributed by atoms with Crippen molar-refractivity contribution in [3.63, 3.8) is 0 Å². The van der Waals surface area contributed by atoms with Crippen LogP contribution in [0, 0.1) is 5.92 Å². The predicted molar refractivity (Wildman–Crippen MR) is 148 cm³/mol. The number of aromatic nitrogens is 4. The number of ether oxygens (including phenoxy) is 2. The molecule has 3 atom stereocenters. The number of fused-ring (bicyclic) bond motifs is 1. The maximum atomic E-state index is 13.2. The van der Waals surface area contributed by atoms with E-state index in [0.29, 0.717) is 23.2 Å². The molecule has 1 unspecified atom stereocenters. The van der Waals surface area contributed by atoms with Gasteiger partial charge in [-0.1, -0.05) is 31.0 Å². The Morgan fingerprint density at radius 3 is 2.61 bits per heavy atom. The molecule has 214 valence electrons. The molecule has 0 spiro atoms. The van der Waals surface area contributed by atoms with Gasteiger partial charge in [0.05, 0.1) is 12.5 Å². The van der Waals surface area contributed by atoms with Gasteiger partial charge < -0.3 is 20.1 Å². The van der Waals surface area contributed by atoms with Gasteiger partial charge in [-0.05, 0) is 42.9 Å². The van der Waals surface area contributed by atoms with E-state index in [9.17, 15) is 14.4 Å². The van der Waals surface area contributed by atoms with E-state index < -0.39 is 18.3 Å². The Morgan fingerprint density at radius 1 is 1.21 bits per heavy atom. The summed E-state index contributed by atoms with van der Waals surface area (Å²) < 4.78 is 12.6. The van der Waals surface area contributed by atoms with Gasteiger partial charge in [0.1, 0.15) is 17.1 Å².